The zero-order chi connectivity index (χ0) is 14.8. The summed E-state index contributed by atoms with van der Waals surface area (Å²) >= 11 is 0. The maximum atomic E-state index is 12.0. The van der Waals surface area contributed by atoms with Crippen LogP contribution in [-0.2, 0) is 13.5 Å². The van der Waals surface area contributed by atoms with Crippen molar-refractivity contribution in [3.05, 3.63) is 52.4 Å². The van der Waals surface area contributed by atoms with E-state index in [4.69, 9.17) is 4.52 Å². The largest absolute Gasteiger partial charge is 0.384 e. The van der Waals surface area contributed by atoms with Crippen LogP contribution in [0.2, 0.25) is 0 Å². The maximum absolute atomic E-state index is 12.0. The average molecular weight is 284 g/mol. The highest BCUT2D eigenvalue weighted by Gasteiger charge is 2.07. The first kappa shape index (κ1) is 13.4. The third-order valence-corrected chi connectivity index (χ3v) is 3.38. The van der Waals surface area contributed by atoms with Crippen LogP contribution in [0.25, 0.3) is 10.9 Å². The molecule has 0 unspecified atom stereocenters. The standard InChI is InChI=1S/C15H16N4O2/c1-10-17-14(21-18-10)7-8-16-12-9-15(20)19(2)13-6-4-3-5-11(12)13/h3-6,9,16H,7-8H2,1-2H3. The van der Waals surface area contributed by atoms with E-state index in [-0.39, 0.29) is 5.56 Å². The molecule has 0 radical (unpaired) electrons. The molecule has 2 aromatic heterocycles. The summed E-state index contributed by atoms with van der Waals surface area (Å²) in [6.45, 7) is 2.41. The van der Waals surface area contributed by atoms with E-state index in [0.29, 0.717) is 24.7 Å². The SMILES string of the molecule is Cc1noc(CCNc2cc(=O)n(C)c3ccccc23)n1. The lowest BCUT2D eigenvalue weighted by atomic mass is 10.2. The Morgan fingerprint density at radius 1 is 1.33 bits per heavy atom. The fourth-order valence-electron chi connectivity index (χ4n) is 2.30. The Balaban J connectivity index is 1.84. The lowest BCUT2D eigenvalue weighted by Crippen LogP contribution is -2.18. The van der Waals surface area contributed by atoms with Gasteiger partial charge in [0, 0.05) is 37.2 Å². The number of benzene rings is 1. The van der Waals surface area contributed by atoms with Crippen molar-refractivity contribution in [2.24, 2.45) is 7.05 Å². The number of anilines is 1. The molecule has 6 nitrogen and oxygen atoms in total. The van der Waals surface area contributed by atoms with Crippen molar-refractivity contribution in [3.8, 4) is 0 Å². The molecule has 3 rings (SSSR count). The number of aromatic nitrogens is 3. The molecular formula is C15H16N4O2. The average Bonchev–Trinajstić information content (AvgIpc) is 2.90. The van der Waals surface area contributed by atoms with Crippen molar-refractivity contribution in [1.82, 2.24) is 14.7 Å². The number of hydrogen-bond acceptors (Lipinski definition) is 5. The third-order valence-electron chi connectivity index (χ3n) is 3.38. The van der Waals surface area contributed by atoms with Crippen molar-refractivity contribution in [1.29, 1.82) is 0 Å². The summed E-state index contributed by atoms with van der Waals surface area (Å²) in [6.07, 6.45) is 0.615. The molecule has 0 amide bonds. The normalized spacial score (nSPS) is 11.0. The van der Waals surface area contributed by atoms with Crippen LogP contribution >= 0.6 is 0 Å². The van der Waals surface area contributed by atoms with Crippen molar-refractivity contribution < 1.29 is 4.52 Å². The minimum atomic E-state index is -0.0372. The van der Waals surface area contributed by atoms with Crippen LogP contribution in [-0.4, -0.2) is 21.3 Å². The van der Waals surface area contributed by atoms with Crippen molar-refractivity contribution >= 4 is 16.6 Å². The number of aryl methyl sites for hydroxylation is 2. The first-order valence-corrected chi connectivity index (χ1v) is 6.77. The van der Waals surface area contributed by atoms with Gasteiger partial charge in [-0.1, -0.05) is 23.4 Å². The van der Waals surface area contributed by atoms with Crippen LogP contribution < -0.4 is 10.9 Å². The molecule has 0 saturated carbocycles. The summed E-state index contributed by atoms with van der Waals surface area (Å²) in [5, 5.41) is 8.04. The second kappa shape index (κ2) is 5.40. The van der Waals surface area contributed by atoms with E-state index in [1.807, 2.05) is 24.3 Å². The molecule has 0 saturated heterocycles. The Labute approximate surface area is 121 Å². The number of pyridine rings is 1. The molecule has 0 aliphatic rings. The monoisotopic (exact) mass is 284 g/mol. The fraction of sp³-hybridized carbons (Fsp3) is 0.267. The van der Waals surface area contributed by atoms with Gasteiger partial charge >= 0.3 is 0 Å². The molecule has 0 aliphatic heterocycles. The first-order chi connectivity index (χ1) is 10.1. The van der Waals surface area contributed by atoms with Crippen LogP contribution in [0.15, 0.2) is 39.6 Å². The van der Waals surface area contributed by atoms with Crippen LogP contribution in [0.4, 0.5) is 5.69 Å². The summed E-state index contributed by atoms with van der Waals surface area (Å²) in [4.78, 5) is 16.1. The fourth-order valence-corrected chi connectivity index (χ4v) is 2.30. The Morgan fingerprint density at radius 2 is 2.14 bits per heavy atom. The lowest BCUT2D eigenvalue weighted by molar-refractivity contribution is 0.377. The van der Waals surface area contributed by atoms with Gasteiger partial charge in [-0.15, -0.1) is 0 Å². The van der Waals surface area contributed by atoms with Gasteiger partial charge in [-0.2, -0.15) is 4.98 Å². The molecule has 0 spiro atoms. The van der Waals surface area contributed by atoms with Gasteiger partial charge in [0.05, 0.1) is 5.52 Å². The molecule has 2 heterocycles. The Morgan fingerprint density at radius 3 is 2.90 bits per heavy atom. The van der Waals surface area contributed by atoms with Crippen LogP contribution in [0.1, 0.15) is 11.7 Å². The van der Waals surface area contributed by atoms with Gasteiger partial charge in [-0.05, 0) is 13.0 Å². The minimum Gasteiger partial charge on any atom is -0.384 e. The Hall–Kier alpha value is -2.63. The first-order valence-electron chi connectivity index (χ1n) is 6.77. The number of hydrogen-bond donors (Lipinski definition) is 1. The molecule has 21 heavy (non-hydrogen) atoms. The van der Waals surface area contributed by atoms with E-state index in [2.05, 4.69) is 15.5 Å². The summed E-state index contributed by atoms with van der Waals surface area (Å²) in [5.74, 6) is 1.22. The lowest BCUT2D eigenvalue weighted by Gasteiger charge is -2.11. The molecule has 3 aromatic rings. The van der Waals surface area contributed by atoms with E-state index in [1.165, 1.54) is 0 Å². The molecule has 1 N–H and O–H groups in total. The highest BCUT2D eigenvalue weighted by molar-refractivity contribution is 5.91. The predicted octanol–water partition coefficient (Wildman–Crippen LogP) is 1.88. The summed E-state index contributed by atoms with van der Waals surface area (Å²) < 4.78 is 6.71. The molecule has 1 aromatic carbocycles. The van der Waals surface area contributed by atoms with Crippen molar-refractivity contribution in [3.63, 3.8) is 0 Å². The van der Waals surface area contributed by atoms with E-state index < -0.39 is 0 Å². The van der Waals surface area contributed by atoms with E-state index in [0.717, 1.165) is 16.6 Å². The zero-order valence-corrected chi connectivity index (χ0v) is 12.0. The van der Waals surface area contributed by atoms with Crippen LogP contribution in [0.5, 0.6) is 0 Å². The van der Waals surface area contributed by atoms with Gasteiger partial charge < -0.3 is 14.4 Å². The van der Waals surface area contributed by atoms with Gasteiger partial charge in [-0.3, -0.25) is 4.79 Å². The van der Waals surface area contributed by atoms with Crippen molar-refractivity contribution in [2.75, 3.05) is 11.9 Å². The molecule has 0 fully saturated rings. The number of nitrogens with one attached hydrogen (secondary N) is 1. The van der Waals surface area contributed by atoms with Gasteiger partial charge in [0.25, 0.3) is 5.56 Å². The predicted molar refractivity (Wildman–Crippen MR) is 80.4 cm³/mol. The van der Waals surface area contributed by atoms with E-state index in [9.17, 15) is 4.79 Å². The van der Waals surface area contributed by atoms with Crippen molar-refractivity contribution in [2.45, 2.75) is 13.3 Å². The topological polar surface area (TPSA) is 73.0 Å². The second-order valence-corrected chi connectivity index (χ2v) is 4.88. The second-order valence-electron chi connectivity index (χ2n) is 4.88. The minimum absolute atomic E-state index is 0.0372. The van der Waals surface area contributed by atoms with Gasteiger partial charge in [-0.25, -0.2) is 0 Å². The smallest absolute Gasteiger partial charge is 0.252 e. The molecule has 0 bridgehead atoms. The molecular weight excluding hydrogens is 268 g/mol. The summed E-state index contributed by atoms with van der Waals surface area (Å²) in [6, 6.07) is 9.42. The molecule has 108 valence electrons. The number of nitrogens with zero attached hydrogens (tertiary/aromatic N) is 3. The molecule has 6 heteroatoms. The van der Waals surface area contributed by atoms with Gasteiger partial charge in [0.2, 0.25) is 5.89 Å². The zero-order valence-electron chi connectivity index (χ0n) is 12.0. The molecule has 0 atom stereocenters. The summed E-state index contributed by atoms with van der Waals surface area (Å²) in [7, 11) is 1.77. The van der Waals surface area contributed by atoms with E-state index >= 15 is 0 Å². The number of fused-ring (bicyclic) bond motifs is 1. The quantitative estimate of drug-likeness (QED) is 0.792. The van der Waals surface area contributed by atoms with Crippen LogP contribution in [0, 0.1) is 6.92 Å². The van der Waals surface area contributed by atoms with Gasteiger partial charge in [0.1, 0.15) is 0 Å². The Bertz CT molecular complexity index is 835. The third kappa shape index (κ3) is 2.65. The van der Waals surface area contributed by atoms with E-state index in [1.54, 1.807) is 24.6 Å². The molecule has 0 aliphatic carbocycles. The highest BCUT2D eigenvalue weighted by atomic mass is 16.5. The Kier molecular flexibility index (Phi) is 3.43. The maximum Gasteiger partial charge on any atom is 0.252 e. The number of para-hydroxylation sites is 1. The highest BCUT2D eigenvalue weighted by Crippen LogP contribution is 2.20. The van der Waals surface area contributed by atoms with Crippen LogP contribution in [0.3, 0.4) is 0 Å². The summed E-state index contributed by atoms with van der Waals surface area (Å²) in [5.41, 5.74) is 1.69. The van der Waals surface area contributed by atoms with Gasteiger partial charge in [0.15, 0.2) is 5.82 Å². The number of rotatable bonds is 4.